The second kappa shape index (κ2) is 5.46. The predicted octanol–water partition coefficient (Wildman–Crippen LogP) is 1.90. The molecule has 0 amide bonds. The minimum Gasteiger partial charge on any atom is -0.293 e. The molecule has 1 N–H and O–H groups in total. The average molecular weight is 293 g/mol. The monoisotopic (exact) mass is 292 g/mol. The second-order valence-electron chi connectivity index (χ2n) is 4.48. The van der Waals surface area contributed by atoms with E-state index in [0.717, 1.165) is 10.2 Å². The summed E-state index contributed by atoms with van der Waals surface area (Å²) in [6.07, 6.45) is 0. The summed E-state index contributed by atoms with van der Waals surface area (Å²) < 4.78 is 0.833. The molecule has 0 radical (unpaired) electrons. The Balaban J connectivity index is 2.49. The fourth-order valence-corrected chi connectivity index (χ4v) is 2.04. The summed E-state index contributed by atoms with van der Waals surface area (Å²) in [5.41, 5.74) is 0.971. The molecule has 0 aliphatic rings. The Labute approximate surface area is 120 Å². The minimum atomic E-state index is -0.668. The summed E-state index contributed by atoms with van der Waals surface area (Å²) in [6.45, 7) is 3.45. The van der Waals surface area contributed by atoms with Crippen molar-refractivity contribution in [2.45, 2.75) is 13.8 Å². The molecule has 0 aliphatic carbocycles. The Kier molecular flexibility index (Phi) is 3.90. The molecule has 0 atom stereocenters. The van der Waals surface area contributed by atoms with Crippen molar-refractivity contribution in [1.29, 1.82) is 0 Å². The van der Waals surface area contributed by atoms with Crippen LogP contribution in [0.1, 0.15) is 32.0 Å². The van der Waals surface area contributed by atoms with Gasteiger partial charge in [-0.3, -0.25) is 19.5 Å². The van der Waals surface area contributed by atoms with Crippen LogP contribution in [0, 0.1) is 13.8 Å². The molecular formula is C14H13ClN2O3. The number of Topliss-reactive ketones (excluding diaryl/α,β-unsaturated/α-hetero) is 1. The Morgan fingerprint density at radius 2 is 1.80 bits per heavy atom. The third-order valence-corrected chi connectivity index (χ3v) is 3.22. The number of aromatic nitrogens is 2. The van der Waals surface area contributed by atoms with E-state index in [1.807, 2.05) is 6.92 Å². The van der Waals surface area contributed by atoms with Crippen LogP contribution in [0.25, 0.3) is 0 Å². The maximum Gasteiger partial charge on any atom is 0.285 e. The van der Waals surface area contributed by atoms with Crippen molar-refractivity contribution in [1.82, 2.24) is 9.78 Å². The lowest BCUT2D eigenvalue weighted by atomic mass is 10.1. The highest BCUT2D eigenvalue weighted by atomic mass is 35.5. The van der Waals surface area contributed by atoms with Crippen molar-refractivity contribution in [3.63, 3.8) is 0 Å². The summed E-state index contributed by atoms with van der Waals surface area (Å²) in [6, 6.07) is 6.81. The standard InChI is InChI=1S/C14H13ClN2O3/c1-8-3-5-10(6-4-8)13(19)17-14(20)12(9(2)16-17)11(18)7-15/h3-6,16H,7H2,1-2H3. The van der Waals surface area contributed by atoms with Crippen molar-refractivity contribution in [3.8, 4) is 0 Å². The van der Waals surface area contributed by atoms with E-state index in [1.165, 1.54) is 0 Å². The lowest BCUT2D eigenvalue weighted by molar-refractivity contribution is 0.0941. The molecule has 0 saturated heterocycles. The van der Waals surface area contributed by atoms with Crippen LogP contribution in [0.5, 0.6) is 0 Å². The largest absolute Gasteiger partial charge is 0.293 e. The molecule has 20 heavy (non-hydrogen) atoms. The molecule has 0 aliphatic heterocycles. The Hall–Kier alpha value is -2.14. The summed E-state index contributed by atoms with van der Waals surface area (Å²) in [7, 11) is 0. The summed E-state index contributed by atoms with van der Waals surface area (Å²) in [5.74, 6) is -1.31. The molecule has 104 valence electrons. The quantitative estimate of drug-likeness (QED) is 0.694. The van der Waals surface area contributed by atoms with Crippen LogP contribution in [0.3, 0.4) is 0 Å². The summed E-state index contributed by atoms with van der Waals surface area (Å²) in [4.78, 5) is 35.9. The van der Waals surface area contributed by atoms with E-state index < -0.39 is 17.2 Å². The number of hydrogen-bond acceptors (Lipinski definition) is 3. The van der Waals surface area contributed by atoms with E-state index in [0.29, 0.717) is 11.3 Å². The van der Waals surface area contributed by atoms with Crippen LogP contribution in [0.4, 0.5) is 0 Å². The number of carbonyl (C=O) groups excluding carboxylic acids is 2. The number of aromatic amines is 1. The number of nitrogens with one attached hydrogen (secondary N) is 1. The number of H-pyrrole nitrogens is 1. The minimum absolute atomic E-state index is 0.0690. The van der Waals surface area contributed by atoms with Gasteiger partial charge >= 0.3 is 0 Å². The van der Waals surface area contributed by atoms with Crippen LogP contribution in [0.15, 0.2) is 29.1 Å². The summed E-state index contributed by atoms with van der Waals surface area (Å²) >= 11 is 5.46. The van der Waals surface area contributed by atoms with Crippen molar-refractivity contribution in [2.24, 2.45) is 0 Å². The number of alkyl halides is 1. The zero-order valence-corrected chi connectivity index (χ0v) is 11.8. The molecule has 2 aromatic rings. The highest BCUT2D eigenvalue weighted by Crippen LogP contribution is 2.07. The van der Waals surface area contributed by atoms with Gasteiger partial charge in [0.05, 0.1) is 5.88 Å². The molecule has 0 fully saturated rings. The van der Waals surface area contributed by atoms with Crippen molar-refractivity contribution in [3.05, 3.63) is 57.0 Å². The van der Waals surface area contributed by atoms with Gasteiger partial charge in [0.1, 0.15) is 5.56 Å². The van der Waals surface area contributed by atoms with Gasteiger partial charge in [-0.05, 0) is 26.0 Å². The number of hydrogen-bond donors (Lipinski definition) is 1. The number of nitrogens with zero attached hydrogens (tertiary/aromatic N) is 1. The Morgan fingerprint density at radius 1 is 1.20 bits per heavy atom. The lowest BCUT2D eigenvalue weighted by Gasteiger charge is -2.01. The van der Waals surface area contributed by atoms with Gasteiger partial charge in [-0.25, -0.2) is 0 Å². The number of benzene rings is 1. The predicted molar refractivity (Wildman–Crippen MR) is 75.7 cm³/mol. The fourth-order valence-electron chi connectivity index (χ4n) is 1.91. The van der Waals surface area contributed by atoms with E-state index in [-0.39, 0.29) is 11.4 Å². The highest BCUT2D eigenvalue weighted by molar-refractivity contribution is 6.30. The maximum atomic E-state index is 12.2. The van der Waals surface area contributed by atoms with Crippen LogP contribution in [0.2, 0.25) is 0 Å². The number of halogens is 1. The van der Waals surface area contributed by atoms with Gasteiger partial charge in [0.25, 0.3) is 11.5 Å². The molecule has 1 heterocycles. The van der Waals surface area contributed by atoms with Crippen molar-refractivity contribution in [2.75, 3.05) is 5.88 Å². The number of rotatable bonds is 3. The molecule has 1 aromatic heterocycles. The van der Waals surface area contributed by atoms with Crippen molar-refractivity contribution >= 4 is 23.3 Å². The number of carbonyl (C=O) groups is 2. The molecule has 0 spiro atoms. The molecule has 0 unspecified atom stereocenters. The lowest BCUT2D eigenvalue weighted by Crippen LogP contribution is -2.28. The van der Waals surface area contributed by atoms with Crippen molar-refractivity contribution < 1.29 is 9.59 Å². The zero-order chi connectivity index (χ0) is 14.9. The van der Waals surface area contributed by atoms with Crippen LogP contribution >= 0.6 is 11.6 Å². The summed E-state index contributed by atoms with van der Waals surface area (Å²) in [5, 5.41) is 2.62. The fraction of sp³-hybridized carbons (Fsp3) is 0.214. The van der Waals surface area contributed by atoms with Gasteiger partial charge in [0.2, 0.25) is 0 Å². The first kappa shape index (κ1) is 14.3. The van der Waals surface area contributed by atoms with Crippen LogP contribution < -0.4 is 5.56 Å². The van der Waals surface area contributed by atoms with Gasteiger partial charge in [-0.2, -0.15) is 4.68 Å². The van der Waals surface area contributed by atoms with Gasteiger partial charge in [-0.15, -0.1) is 11.6 Å². The molecule has 6 heteroatoms. The van der Waals surface area contributed by atoms with Crippen LogP contribution in [-0.2, 0) is 0 Å². The third kappa shape index (κ3) is 2.44. The van der Waals surface area contributed by atoms with E-state index in [1.54, 1.807) is 31.2 Å². The first-order valence-electron chi connectivity index (χ1n) is 5.98. The molecule has 5 nitrogen and oxygen atoms in total. The normalized spacial score (nSPS) is 10.6. The third-order valence-electron chi connectivity index (χ3n) is 2.97. The number of aryl methyl sites for hydroxylation is 2. The molecule has 2 rings (SSSR count). The Bertz CT molecular complexity index is 726. The maximum absolute atomic E-state index is 12.2. The van der Waals surface area contributed by atoms with Crippen LogP contribution in [-0.4, -0.2) is 27.4 Å². The molecule has 0 saturated carbocycles. The smallest absolute Gasteiger partial charge is 0.285 e. The van der Waals surface area contributed by atoms with Gasteiger partial charge in [-0.1, -0.05) is 17.7 Å². The molecule has 1 aromatic carbocycles. The van der Waals surface area contributed by atoms with Gasteiger partial charge in [0, 0.05) is 11.3 Å². The van der Waals surface area contributed by atoms with E-state index >= 15 is 0 Å². The Morgan fingerprint density at radius 3 is 2.35 bits per heavy atom. The number of ketones is 1. The van der Waals surface area contributed by atoms with E-state index in [2.05, 4.69) is 5.10 Å². The average Bonchev–Trinajstić information content (AvgIpc) is 2.73. The van der Waals surface area contributed by atoms with Gasteiger partial charge < -0.3 is 0 Å². The molecule has 0 bridgehead atoms. The first-order valence-corrected chi connectivity index (χ1v) is 6.51. The molecular weight excluding hydrogens is 280 g/mol. The first-order chi connectivity index (χ1) is 9.45. The van der Waals surface area contributed by atoms with E-state index in [4.69, 9.17) is 11.6 Å². The SMILES string of the molecule is Cc1ccc(C(=O)n2[nH]c(C)c(C(=O)CCl)c2=O)cc1. The highest BCUT2D eigenvalue weighted by Gasteiger charge is 2.21. The van der Waals surface area contributed by atoms with Gasteiger partial charge in [0.15, 0.2) is 5.78 Å². The topological polar surface area (TPSA) is 71.9 Å². The van der Waals surface area contributed by atoms with E-state index in [9.17, 15) is 14.4 Å². The zero-order valence-electron chi connectivity index (χ0n) is 11.1. The second-order valence-corrected chi connectivity index (χ2v) is 4.75.